The van der Waals surface area contributed by atoms with Crippen LogP contribution in [0, 0.1) is 11.8 Å². The lowest BCUT2D eigenvalue weighted by Gasteiger charge is -2.31. The molecule has 1 saturated carbocycles. The molecule has 0 spiro atoms. The van der Waals surface area contributed by atoms with E-state index >= 15 is 0 Å². The molecule has 2 unspecified atom stereocenters. The molecule has 0 aromatic rings. The molecule has 1 amide bonds. The Morgan fingerprint density at radius 3 is 2.62 bits per heavy atom. The number of carbonyl (C=O) groups excluding carboxylic acids is 1. The van der Waals surface area contributed by atoms with Gasteiger partial charge in [-0.05, 0) is 46.0 Å². The molecule has 0 radical (unpaired) electrons. The van der Waals surface area contributed by atoms with Crippen molar-refractivity contribution in [2.75, 3.05) is 0 Å². The van der Waals surface area contributed by atoms with Crippen molar-refractivity contribution in [1.82, 2.24) is 4.31 Å². The number of hydrogen-bond acceptors (Lipinski definition) is 2. The molecule has 2 aliphatic carbocycles. The molecule has 2 atom stereocenters. The average Bonchev–Trinajstić information content (AvgIpc) is 2.93. The first kappa shape index (κ1) is 11.8. The third-order valence-corrected chi connectivity index (χ3v) is 4.06. The van der Waals surface area contributed by atoms with E-state index in [1.165, 1.54) is 16.3 Å². The van der Waals surface area contributed by atoms with Crippen LogP contribution in [-0.4, -0.2) is 15.8 Å². The minimum absolute atomic E-state index is 0.0144. The highest BCUT2D eigenvalue weighted by Gasteiger charge is 2.40. The van der Waals surface area contributed by atoms with Crippen molar-refractivity contribution in [3.8, 4) is 0 Å². The van der Waals surface area contributed by atoms with Gasteiger partial charge in [-0.3, -0.25) is 9.10 Å². The summed E-state index contributed by atoms with van der Waals surface area (Å²) < 4.78 is 1.52. The molecule has 1 fully saturated rings. The van der Waals surface area contributed by atoms with Crippen molar-refractivity contribution in [2.24, 2.45) is 11.8 Å². The van der Waals surface area contributed by atoms with Gasteiger partial charge in [0.1, 0.15) is 0 Å². The van der Waals surface area contributed by atoms with Gasteiger partial charge in [0, 0.05) is 11.1 Å². The molecule has 0 saturated heterocycles. The van der Waals surface area contributed by atoms with Gasteiger partial charge in [0.25, 0.3) is 5.91 Å². The lowest BCUT2D eigenvalue weighted by Crippen LogP contribution is -2.39. The van der Waals surface area contributed by atoms with Crippen LogP contribution in [0.1, 0.15) is 34.1 Å². The summed E-state index contributed by atoms with van der Waals surface area (Å²) in [4.78, 5) is 12.2. The van der Waals surface area contributed by atoms with Crippen molar-refractivity contribution in [3.05, 3.63) is 23.3 Å². The first-order chi connectivity index (χ1) is 7.30. The normalized spacial score (nSPS) is 27.8. The van der Waals surface area contributed by atoms with Crippen molar-refractivity contribution < 1.29 is 4.79 Å². The summed E-state index contributed by atoms with van der Waals surface area (Å²) in [6.45, 7) is 8.07. The predicted molar refractivity (Wildman–Crippen MR) is 69.0 cm³/mol. The van der Waals surface area contributed by atoms with Gasteiger partial charge in [0.15, 0.2) is 0 Å². The van der Waals surface area contributed by atoms with Crippen molar-refractivity contribution in [3.63, 3.8) is 0 Å². The maximum absolute atomic E-state index is 12.2. The van der Waals surface area contributed by atoms with Crippen molar-refractivity contribution in [2.45, 2.75) is 39.7 Å². The Labute approximate surface area is 103 Å². The summed E-state index contributed by atoms with van der Waals surface area (Å²) in [6.07, 6.45) is 5.33. The van der Waals surface area contributed by atoms with Crippen LogP contribution in [0.25, 0.3) is 0 Å². The van der Waals surface area contributed by atoms with E-state index in [0.29, 0.717) is 11.8 Å². The molecule has 0 aromatic carbocycles. The molecule has 16 heavy (non-hydrogen) atoms. The summed E-state index contributed by atoms with van der Waals surface area (Å²) in [6, 6.07) is 0. The standard InChI is InChI=1S/C13H19NOS/c1-8-5-10(6-9-7-11(8)9)12(15)14(16)13(2,3)4/h5-6,9,11,16H,7H2,1-4H3. The molecular formula is C13H19NOS. The second-order valence-corrected chi connectivity index (χ2v) is 6.20. The van der Waals surface area contributed by atoms with E-state index in [1.54, 1.807) is 0 Å². The quantitative estimate of drug-likeness (QED) is 0.695. The van der Waals surface area contributed by atoms with Crippen LogP contribution >= 0.6 is 12.8 Å². The second-order valence-electron chi connectivity index (χ2n) is 5.80. The third kappa shape index (κ3) is 2.05. The molecule has 0 heterocycles. The van der Waals surface area contributed by atoms with Crippen molar-refractivity contribution in [1.29, 1.82) is 0 Å². The van der Waals surface area contributed by atoms with E-state index in [-0.39, 0.29) is 11.4 Å². The summed E-state index contributed by atoms with van der Waals surface area (Å²) in [5.41, 5.74) is 1.90. The van der Waals surface area contributed by atoms with Crippen LogP contribution in [0.2, 0.25) is 0 Å². The summed E-state index contributed by atoms with van der Waals surface area (Å²) in [5, 5.41) is 0. The van der Waals surface area contributed by atoms with Crippen LogP contribution < -0.4 is 0 Å². The Kier molecular flexibility index (Phi) is 2.69. The van der Waals surface area contributed by atoms with Gasteiger partial charge in [0.05, 0.1) is 0 Å². The largest absolute Gasteiger partial charge is 0.280 e. The fourth-order valence-corrected chi connectivity index (χ4v) is 2.23. The highest BCUT2D eigenvalue weighted by Crippen LogP contribution is 2.48. The molecule has 3 heteroatoms. The number of allylic oxidation sites excluding steroid dienone is 2. The molecule has 2 rings (SSSR count). The summed E-state index contributed by atoms with van der Waals surface area (Å²) in [7, 11) is 0. The molecule has 2 nitrogen and oxygen atoms in total. The van der Waals surface area contributed by atoms with E-state index in [4.69, 9.17) is 0 Å². The highest BCUT2D eigenvalue weighted by molar-refractivity contribution is 7.78. The van der Waals surface area contributed by atoms with E-state index in [2.05, 4.69) is 25.8 Å². The zero-order chi connectivity index (χ0) is 12.1. The predicted octanol–water partition coefficient (Wildman–Crippen LogP) is 2.98. The van der Waals surface area contributed by atoms with Crippen LogP contribution in [0.4, 0.5) is 0 Å². The highest BCUT2D eigenvalue weighted by atomic mass is 32.1. The van der Waals surface area contributed by atoms with Gasteiger partial charge >= 0.3 is 0 Å². The van der Waals surface area contributed by atoms with Gasteiger partial charge in [-0.1, -0.05) is 30.5 Å². The molecule has 0 N–H and O–H groups in total. The third-order valence-electron chi connectivity index (χ3n) is 3.28. The van der Waals surface area contributed by atoms with Crippen molar-refractivity contribution >= 4 is 18.7 Å². The Bertz CT molecular complexity index is 389. The number of nitrogens with zero attached hydrogens (tertiary/aromatic N) is 1. The molecular weight excluding hydrogens is 218 g/mol. The minimum atomic E-state index is -0.247. The first-order valence-electron chi connectivity index (χ1n) is 5.74. The van der Waals surface area contributed by atoms with Gasteiger partial charge < -0.3 is 0 Å². The fraction of sp³-hybridized carbons (Fsp3) is 0.615. The maximum atomic E-state index is 12.2. The molecule has 0 aromatic heterocycles. The van der Waals surface area contributed by atoms with E-state index in [0.717, 1.165) is 5.57 Å². The molecule has 2 aliphatic rings. The zero-order valence-corrected chi connectivity index (χ0v) is 11.2. The van der Waals surface area contributed by atoms with E-state index in [1.807, 2.05) is 26.8 Å². The number of thiol groups is 1. The number of amides is 1. The van der Waals surface area contributed by atoms with Crippen LogP contribution in [0.15, 0.2) is 23.3 Å². The number of fused-ring (bicyclic) bond motifs is 1. The van der Waals surface area contributed by atoms with Gasteiger partial charge in [-0.15, -0.1) is 0 Å². The van der Waals surface area contributed by atoms with Gasteiger partial charge in [-0.2, -0.15) is 0 Å². The SMILES string of the molecule is CC1=CC(C(=O)N(S)C(C)(C)C)=CC2CC12. The van der Waals surface area contributed by atoms with E-state index in [9.17, 15) is 4.79 Å². The molecule has 0 aliphatic heterocycles. The van der Waals surface area contributed by atoms with E-state index < -0.39 is 0 Å². The number of carbonyl (C=O) groups is 1. The lowest BCUT2D eigenvalue weighted by atomic mass is 9.99. The summed E-state index contributed by atoms with van der Waals surface area (Å²) >= 11 is 4.30. The fourth-order valence-electron chi connectivity index (χ4n) is 2.11. The van der Waals surface area contributed by atoms with Gasteiger partial charge in [-0.25, -0.2) is 0 Å². The Balaban J connectivity index is 2.18. The topological polar surface area (TPSA) is 20.3 Å². The molecule has 0 bridgehead atoms. The van der Waals surface area contributed by atoms with Gasteiger partial charge in [0.2, 0.25) is 0 Å². The minimum Gasteiger partial charge on any atom is -0.280 e. The summed E-state index contributed by atoms with van der Waals surface area (Å²) in [5.74, 6) is 1.32. The van der Waals surface area contributed by atoms with Crippen LogP contribution in [-0.2, 0) is 4.79 Å². The Hall–Kier alpha value is -0.700. The van der Waals surface area contributed by atoms with Crippen LogP contribution in [0.3, 0.4) is 0 Å². The maximum Gasteiger partial charge on any atom is 0.263 e. The monoisotopic (exact) mass is 237 g/mol. The number of rotatable bonds is 1. The van der Waals surface area contributed by atoms with Crippen LogP contribution in [0.5, 0.6) is 0 Å². The number of hydrogen-bond donors (Lipinski definition) is 1. The zero-order valence-electron chi connectivity index (χ0n) is 10.3. The average molecular weight is 237 g/mol. The Morgan fingerprint density at radius 1 is 1.50 bits per heavy atom. The smallest absolute Gasteiger partial charge is 0.263 e. The second kappa shape index (κ2) is 3.66. The molecule has 88 valence electrons. The first-order valence-corrected chi connectivity index (χ1v) is 6.14. The Morgan fingerprint density at radius 2 is 2.12 bits per heavy atom. The lowest BCUT2D eigenvalue weighted by molar-refractivity contribution is -0.124.